The Morgan fingerprint density at radius 1 is 1.12 bits per heavy atom. The molecule has 2 N–H and O–H groups in total. The van der Waals surface area contributed by atoms with E-state index in [-0.39, 0.29) is 5.91 Å². The minimum atomic E-state index is -0.742. The molecule has 0 unspecified atom stereocenters. The minimum Gasteiger partial charge on any atom is -0.351 e. The molecule has 1 aliphatic heterocycles. The standard InChI is InChI=1S/C12H8N2O2/c13-12(16)14-9-6-2-4-7-3-1-5-8(10(7)9)11(14)15/h1-6H,(H2,13,16). The molecule has 4 heteroatoms. The van der Waals surface area contributed by atoms with E-state index in [0.717, 1.165) is 15.7 Å². The van der Waals surface area contributed by atoms with E-state index in [1.807, 2.05) is 12.1 Å². The maximum absolute atomic E-state index is 11.9. The first-order chi connectivity index (χ1) is 7.70. The van der Waals surface area contributed by atoms with Crippen molar-refractivity contribution in [3.8, 4) is 0 Å². The lowest BCUT2D eigenvalue weighted by atomic mass is 10.1. The Balaban J connectivity index is 2.44. The lowest BCUT2D eigenvalue weighted by Crippen LogP contribution is -2.38. The van der Waals surface area contributed by atoms with Gasteiger partial charge in [-0.15, -0.1) is 0 Å². The fraction of sp³-hybridized carbons (Fsp3) is 0. The highest BCUT2D eigenvalue weighted by Crippen LogP contribution is 2.36. The SMILES string of the molecule is NC(=O)N1C(=O)c2cccc3cccc1c23. The van der Waals surface area contributed by atoms with Crippen LogP contribution in [0.15, 0.2) is 36.4 Å². The van der Waals surface area contributed by atoms with Crippen LogP contribution in [0.2, 0.25) is 0 Å². The van der Waals surface area contributed by atoms with Crippen molar-refractivity contribution in [3.05, 3.63) is 42.0 Å². The molecule has 16 heavy (non-hydrogen) atoms. The molecule has 0 bridgehead atoms. The molecule has 0 radical (unpaired) electrons. The highest BCUT2D eigenvalue weighted by Gasteiger charge is 2.32. The number of rotatable bonds is 0. The van der Waals surface area contributed by atoms with Gasteiger partial charge >= 0.3 is 6.03 Å². The Morgan fingerprint density at radius 3 is 2.50 bits per heavy atom. The predicted molar refractivity (Wildman–Crippen MR) is 60.3 cm³/mol. The molecule has 0 aliphatic carbocycles. The molecule has 1 heterocycles. The number of imide groups is 1. The maximum Gasteiger partial charge on any atom is 0.326 e. The summed E-state index contributed by atoms with van der Waals surface area (Å²) >= 11 is 0. The molecule has 2 aromatic rings. The number of primary amides is 1. The monoisotopic (exact) mass is 212 g/mol. The number of urea groups is 1. The molecule has 0 spiro atoms. The topological polar surface area (TPSA) is 63.4 Å². The van der Waals surface area contributed by atoms with E-state index < -0.39 is 6.03 Å². The Hall–Kier alpha value is -2.36. The summed E-state index contributed by atoms with van der Waals surface area (Å²) in [6, 6.07) is 10.1. The van der Waals surface area contributed by atoms with Crippen molar-refractivity contribution in [3.63, 3.8) is 0 Å². The average Bonchev–Trinajstić information content (AvgIpc) is 2.55. The molecular weight excluding hydrogens is 204 g/mol. The van der Waals surface area contributed by atoms with Gasteiger partial charge in [0.2, 0.25) is 0 Å². The summed E-state index contributed by atoms with van der Waals surface area (Å²) in [5, 5.41) is 1.74. The van der Waals surface area contributed by atoms with E-state index in [1.165, 1.54) is 0 Å². The molecular formula is C12H8N2O2. The molecule has 0 aromatic heterocycles. The van der Waals surface area contributed by atoms with Gasteiger partial charge in [0.15, 0.2) is 0 Å². The van der Waals surface area contributed by atoms with Crippen LogP contribution in [0.5, 0.6) is 0 Å². The normalized spacial score (nSPS) is 13.5. The van der Waals surface area contributed by atoms with E-state index in [0.29, 0.717) is 11.3 Å². The highest BCUT2D eigenvalue weighted by molar-refractivity contribution is 6.33. The van der Waals surface area contributed by atoms with E-state index in [4.69, 9.17) is 5.73 Å². The van der Waals surface area contributed by atoms with Crippen LogP contribution in [0, 0.1) is 0 Å². The molecule has 4 nitrogen and oxygen atoms in total. The Bertz CT molecular complexity index is 629. The summed E-state index contributed by atoms with van der Waals surface area (Å²) in [5.74, 6) is -0.348. The van der Waals surface area contributed by atoms with Gasteiger partial charge in [-0.25, -0.2) is 9.69 Å². The Labute approximate surface area is 91.3 Å². The number of carbonyl (C=O) groups excluding carboxylic acids is 2. The number of nitrogens with two attached hydrogens (primary N) is 1. The molecule has 0 fully saturated rings. The summed E-state index contributed by atoms with van der Waals surface area (Å²) in [7, 11) is 0. The third-order valence-corrected chi connectivity index (χ3v) is 2.78. The molecule has 3 rings (SSSR count). The van der Waals surface area contributed by atoms with Crippen LogP contribution in [0.4, 0.5) is 10.5 Å². The third-order valence-electron chi connectivity index (χ3n) is 2.78. The van der Waals surface area contributed by atoms with Crippen molar-refractivity contribution in [1.82, 2.24) is 0 Å². The summed E-state index contributed by atoms with van der Waals surface area (Å²) in [4.78, 5) is 24.2. The van der Waals surface area contributed by atoms with Gasteiger partial charge in [-0.2, -0.15) is 0 Å². The Kier molecular flexibility index (Phi) is 1.57. The molecule has 78 valence electrons. The summed E-state index contributed by atoms with van der Waals surface area (Å²) in [6.45, 7) is 0. The van der Waals surface area contributed by atoms with Crippen LogP contribution in [0.3, 0.4) is 0 Å². The first kappa shape index (κ1) is 8.91. The second-order valence-electron chi connectivity index (χ2n) is 3.66. The summed E-state index contributed by atoms with van der Waals surface area (Å²) in [5.41, 5.74) is 6.32. The van der Waals surface area contributed by atoms with Crippen LogP contribution in [0.1, 0.15) is 10.4 Å². The number of anilines is 1. The quantitative estimate of drug-likeness (QED) is 0.724. The molecule has 0 atom stereocenters. The van der Waals surface area contributed by atoms with E-state index in [1.54, 1.807) is 24.3 Å². The largest absolute Gasteiger partial charge is 0.351 e. The highest BCUT2D eigenvalue weighted by atomic mass is 16.2. The second kappa shape index (κ2) is 2.82. The summed E-state index contributed by atoms with van der Waals surface area (Å²) < 4.78 is 0. The van der Waals surface area contributed by atoms with Gasteiger partial charge in [0, 0.05) is 5.39 Å². The van der Waals surface area contributed by atoms with Crippen molar-refractivity contribution in [2.45, 2.75) is 0 Å². The maximum atomic E-state index is 11.9. The first-order valence-corrected chi connectivity index (χ1v) is 4.86. The van der Waals surface area contributed by atoms with Crippen molar-refractivity contribution in [1.29, 1.82) is 0 Å². The minimum absolute atomic E-state index is 0.348. The smallest absolute Gasteiger partial charge is 0.326 e. The van der Waals surface area contributed by atoms with Gasteiger partial charge in [0.05, 0.1) is 11.3 Å². The molecule has 3 amide bonds. The number of hydrogen-bond donors (Lipinski definition) is 1. The first-order valence-electron chi connectivity index (χ1n) is 4.86. The zero-order valence-electron chi connectivity index (χ0n) is 8.31. The third kappa shape index (κ3) is 0.930. The van der Waals surface area contributed by atoms with Crippen LogP contribution in [-0.4, -0.2) is 11.9 Å². The van der Waals surface area contributed by atoms with Crippen molar-refractivity contribution in [2.75, 3.05) is 4.90 Å². The Morgan fingerprint density at radius 2 is 1.81 bits per heavy atom. The number of hydrogen-bond acceptors (Lipinski definition) is 2. The zero-order chi connectivity index (χ0) is 11.3. The van der Waals surface area contributed by atoms with Gasteiger partial charge < -0.3 is 5.73 Å². The molecule has 0 saturated heterocycles. The van der Waals surface area contributed by atoms with Crippen LogP contribution in [-0.2, 0) is 0 Å². The molecule has 1 aliphatic rings. The van der Waals surface area contributed by atoms with Crippen LogP contribution < -0.4 is 10.6 Å². The second-order valence-corrected chi connectivity index (χ2v) is 3.66. The van der Waals surface area contributed by atoms with Crippen molar-refractivity contribution < 1.29 is 9.59 Å². The lowest BCUT2D eigenvalue weighted by molar-refractivity contribution is 0.100. The van der Waals surface area contributed by atoms with Gasteiger partial charge in [0.1, 0.15) is 0 Å². The van der Waals surface area contributed by atoms with Crippen molar-refractivity contribution >= 4 is 28.4 Å². The van der Waals surface area contributed by atoms with Gasteiger partial charge in [-0.1, -0.05) is 24.3 Å². The summed E-state index contributed by atoms with van der Waals surface area (Å²) in [6.07, 6.45) is 0. The molecule has 2 aromatic carbocycles. The predicted octanol–water partition coefficient (Wildman–Crippen LogP) is 1.88. The fourth-order valence-electron chi connectivity index (χ4n) is 2.13. The number of benzene rings is 2. The van der Waals surface area contributed by atoms with Gasteiger partial charge in [-0.05, 0) is 17.5 Å². The van der Waals surface area contributed by atoms with Crippen LogP contribution in [0.25, 0.3) is 10.8 Å². The van der Waals surface area contributed by atoms with E-state index in [2.05, 4.69) is 0 Å². The van der Waals surface area contributed by atoms with Gasteiger partial charge in [-0.3, -0.25) is 4.79 Å². The lowest BCUT2D eigenvalue weighted by Gasteiger charge is -2.11. The molecule has 0 saturated carbocycles. The van der Waals surface area contributed by atoms with Crippen LogP contribution >= 0.6 is 0 Å². The van der Waals surface area contributed by atoms with E-state index in [9.17, 15) is 9.59 Å². The van der Waals surface area contributed by atoms with E-state index >= 15 is 0 Å². The fourth-order valence-corrected chi connectivity index (χ4v) is 2.13. The van der Waals surface area contributed by atoms with Gasteiger partial charge in [0.25, 0.3) is 5.91 Å². The average molecular weight is 212 g/mol. The zero-order valence-corrected chi connectivity index (χ0v) is 8.31. The van der Waals surface area contributed by atoms with Crippen molar-refractivity contribution in [2.24, 2.45) is 5.73 Å². The number of carbonyl (C=O) groups is 2. The number of nitrogens with zero attached hydrogens (tertiary/aromatic N) is 1. The number of amides is 3.